The Balaban J connectivity index is 2.64. The quantitative estimate of drug-likeness (QED) is 0.703. The fraction of sp³-hybridized carbons (Fsp3) is 0.667. The van der Waals surface area contributed by atoms with Crippen LogP contribution in [0.5, 0.6) is 0 Å². The van der Waals surface area contributed by atoms with Crippen LogP contribution in [0.25, 0.3) is 0 Å². The Morgan fingerprint density at radius 3 is 2.88 bits per heavy atom. The van der Waals surface area contributed by atoms with E-state index in [0.717, 1.165) is 0 Å². The molecule has 1 atom stereocenters. The molecular formula is C9H16N4O2S. The minimum atomic E-state index is -0.939. The highest BCUT2D eigenvalue weighted by Crippen LogP contribution is 2.20. The number of carboxylic acids is 1. The smallest absolute Gasteiger partial charge is 0.324 e. The second-order valence-corrected chi connectivity index (χ2v) is 4.56. The average Bonchev–Trinajstić information content (AvgIpc) is 2.61. The number of likely N-dealkylation sites (N-methyl/N-ethyl adjacent to an activating group) is 1. The van der Waals surface area contributed by atoms with E-state index in [2.05, 4.69) is 15.4 Å². The second kappa shape index (κ2) is 5.31. The average molecular weight is 244 g/mol. The van der Waals surface area contributed by atoms with Crippen LogP contribution in [0.4, 0.5) is 0 Å². The number of nitrogens with zero attached hydrogens (tertiary/aromatic N) is 3. The lowest BCUT2D eigenvalue weighted by atomic mass is 10.1. The Hall–Kier alpha value is -1.08. The molecule has 0 aromatic carbocycles. The number of thioether (sulfide) groups is 1. The molecule has 0 aliphatic heterocycles. The Morgan fingerprint density at radius 1 is 1.75 bits per heavy atom. The van der Waals surface area contributed by atoms with Gasteiger partial charge in [0.15, 0.2) is 5.16 Å². The molecule has 6 nitrogen and oxygen atoms in total. The van der Waals surface area contributed by atoms with Crippen molar-refractivity contribution in [3.8, 4) is 0 Å². The van der Waals surface area contributed by atoms with Gasteiger partial charge < -0.3 is 10.4 Å². The van der Waals surface area contributed by atoms with Gasteiger partial charge in [0.1, 0.15) is 11.9 Å². The molecule has 0 aliphatic carbocycles. The van der Waals surface area contributed by atoms with Gasteiger partial charge in [-0.1, -0.05) is 18.7 Å². The topological polar surface area (TPSA) is 80.0 Å². The lowest BCUT2D eigenvalue weighted by molar-refractivity contribution is -0.143. The molecule has 1 heterocycles. The van der Waals surface area contributed by atoms with Crippen LogP contribution in [0.3, 0.4) is 0 Å². The lowest BCUT2D eigenvalue weighted by Gasteiger charge is -2.24. The number of rotatable bonds is 6. The van der Waals surface area contributed by atoms with Crippen molar-refractivity contribution in [3.63, 3.8) is 0 Å². The molecule has 1 aromatic rings. The highest BCUT2D eigenvalue weighted by atomic mass is 32.2. The number of hydrogen-bond acceptors (Lipinski definition) is 5. The number of aromatic nitrogens is 3. The molecule has 0 bridgehead atoms. The molecule has 0 saturated carbocycles. The van der Waals surface area contributed by atoms with Crippen molar-refractivity contribution in [1.29, 1.82) is 0 Å². The molecule has 7 heteroatoms. The third kappa shape index (κ3) is 2.96. The Morgan fingerprint density at radius 2 is 2.44 bits per heavy atom. The number of nitrogens with one attached hydrogen (secondary N) is 1. The Kier molecular flexibility index (Phi) is 4.31. The van der Waals surface area contributed by atoms with Crippen molar-refractivity contribution in [2.45, 2.75) is 24.5 Å². The van der Waals surface area contributed by atoms with Crippen molar-refractivity contribution in [1.82, 2.24) is 20.1 Å². The molecule has 1 aromatic heterocycles. The van der Waals surface area contributed by atoms with E-state index in [-0.39, 0.29) is 0 Å². The monoisotopic (exact) mass is 244 g/mol. The van der Waals surface area contributed by atoms with Crippen LogP contribution in [0.2, 0.25) is 0 Å². The molecule has 1 unspecified atom stereocenters. The van der Waals surface area contributed by atoms with Crippen molar-refractivity contribution in [3.05, 3.63) is 6.33 Å². The predicted molar refractivity (Wildman–Crippen MR) is 61.4 cm³/mol. The minimum Gasteiger partial charge on any atom is -0.480 e. The van der Waals surface area contributed by atoms with E-state index in [9.17, 15) is 4.79 Å². The summed E-state index contributed by atoms with van der Waals surface area (Å²) in [6.07, 6.45) is 1.45. The molecule has 16 heavy (non-hydrogen) atoms. The van der Waals surface area contributed by atoms with Gasteiger partial charge in [-0.15, -0.1) is 0 Å². The highest BCUT2D eigenvalue weighted by molar-refractivity contribution is 7.99. The molecule has 90 valence electrons. The van der Waals surface area contributed by atoms with Crippen LogP contribution in [-0.4, -0.2) is 43.7 Å². The maximum Gasteiger partial charge on any atom is 0.324 e. The molecule has 0 saturated heterocycles. The second-order valence-electron chi connectivity index (χ2n) is 3.62. The number of carbonyl (C=O) groups is 1. The summed E-state index contributed by atoms with van der Waals surface area (Å²) in [6, 6.07) is 0. The number of aryl methyl sites for hydroxylation is 1. The van der Waals surface area contributed by atoms with Crippen molar-refractivity contribution in [2.24, 2.45) is 7.05 Å². The van der Waals surface area contributed by atoms with E-state index >= 15 is 0 Å². The third-order valence-corrected chi connectivity index (χ3v) is 3.55. The fourth-order valence-corrected chi connectivity index (χ4v) is 2.20. The van der Waals surface area contributed by atoms with Crippen LogP contribution in [0.15, 0.2) is 11.5 Å². The summed E-state index contributed by atoms with van der Waals surface area (Å²) in [4.78, 5) is 15.2. The van der Waals surface area contributed by atoms with E-state index in [4.69, 9.17) is 5.11 Å². The van der Waals surface area contributed by atoms with Crippen LogP contribution >= 0.6 is 11.8 Å². The number of aliphatic carboxylic acids is 1. The summed E-state index contributed by atoms with van der Waals surface area (Å²) in [5, 5.41) is 16.7. The molecular weight excluding hydrogens is 228 g/mol. The van der Waals surface area contributed by atoms with Gasteiger partial charge in [0, 0.05) is 12.8 Å². The Labute approximate surface area is 98.4 Å². The molecule has 0 radical (unpaired) electrons. The summed E-state index contributed by atoms with van der Waals surface area (Å²) < 4.78 is 1.62. The van der Waals surface area contributed by atoms with Gasteiger partial charge in [0.05, 0.1) is 0 Å². The first-order chi connectivity index (χ1) is 7.49. The van der Waals surface area contributed by atoms with Gasteiger partial charge in [0.2, 0.25) is 0 Å². The molecule has 1 rings (SSSR count). The largest absolute Gasteiger partial charge is 0.480 e. The minimum absolute atomic E-state index is 0.405. The van der Waals surface area contributed by atoms with Gasteiger partial charge in [-0.05, 0) is 13.5 Å². The molecule has 0 fully saturated rings. The zero-order valence-electron chi connectivity index (χ0n) is 9.60. The fourth-order valence-electron chi connectivity index (χ4n) is 1.20. The maximum absolute atomic E-state index is 11.1. The van der Waals surface area contributed by atoms with Crippen LogP contribution in [-0.2, 0) is 11.8 Å². The molecule has 0 spiro atoms. The normalized spacial score (nSPS) is 14.7. The zero-order valence-corrected chi connectivity index (χ0v) is 10.4. The van der Waals surface area contributed by atoms with E-state index in [0.29, 0.717) is 17.5 Å². The van der Waals surface area contributed by atoms with Crippen molar-refractivity contribution < 1.29 is 9.90 Å². The van der Waals surface area contributed by atoms with Crippen molar-refractivity contribution >= 4 is 17.7 Å². The first kappa shape index (κ1) is 13.0. The summed E-state index contributed by atoms with van der Waals surface area (Å²) in [6.45, 7) is 4.17. The van der Waals surface area contributed by atoms with Gasteiger partial charge >= 0.3 is 5.97 Å². The predicted octanol–water partition coefficient (Wildman–Crippen LogP) is 0.360. The van der Waals surface area contributed by atoms with Gasteiger partial charge in [0.25, 0.3) is 0 Å². The third-order valence-electron chi connectivity index (χ3n) is 2.20. The molecule has 2 N–H and O–H groups in total. The first-order valence-electron chi connectivity index (χ1n) is 4.95. The van der Waals surface area contributed by atoms with Crippen LogP contribution in [0, 0.1) is 0 Å². The lowest BCUT2D eigenvalue weighted by Crippen LogP contribution is -2.51. The maximum atomic E-state index is 11.1. The highest BCUT2D eigenvalue weighted by Gasteiger charge is 2.32. The van der Waals surface area contributed by atoms with E-state index in [1.54, 1.807) is 18.7 Å². The van der Waals surface area contributed by atoms with E-state index in [1.165, 1.54) is 18.1 Å². The molecule has 0 aliphatic rings. The van der Waals surface area contributed by atoms with Crippen LogP contribution in [0.1, 0.15) is 13.8 Å². The number of hydrogen-bond donors (Lipinski definition) is 2. The van der Waals surface area contributed by atoms with Gasteiger partial charge in [-0.25, -0.2) is 9.67 Å². The van der Waals surface area contributed by atoms with Crippen LogP contribution < -0.4 is 5.32 Å². The SMILES string of the molecule is CCNC(C)(CSc1ncnn1C)C(=O)O. The van der Waals surface area contributed by atoms with Crippen molar-refractivity contribution in [2.75, 3.05) is 12.3 Å². The van der Waals surface area contributed by atoms with Gasteiger partial charge in [-0.3, -0.25) is 4.79 Å². The van der Waals surface area contributed by atoms with Gasteiger partial charge in [-0.2, -0.15) is 5.10 Å². The van der Waals surface area contributed by atoms with E-state index in [1.807, 2.05) is 6.92 Å². The van der Waals surface area contributed by atoms with E-state index < -0.39 is 11.5 Å². The summed E-state index contributed by atoms with van der Waals surface area (Å²) >= 11 is 1.37. The number of carboxylic acid groups (broad SMARTS) is 1. The standard InChI is InChI=1S/C9H16N4O2S/c1-4-11-9(2,7(14)15)5-16-8-10-6-12-13(8)3/h6,11H,4-5H2,1-3H3,(H,14,15). The molecule has 0 amide bonds. The Bertz CT molecular complexity index is 368. The zero-order chi connectivity index (χ0) is 12.2. The summed E-state index contributed by atoms with van der Waals surface area (Å²) in [5.74, 6) is -0.452. The first-order valence-corrected chi connectivity index (χ1v) is 5.93. The summed E-state index contributed by atoms with van der Waals surface area (Å²) in [5.41, 5.74) is -0.939. The summed E-state index contributed by atoms with van der Waals surface area (Å²) in [7, 11) is 1.78.